The molecule has 1 amide bonds. The van der Waals surface area contributed by atoms with Gasteiger partial charge < -0.3 is 14.7 Å². The number of sulfonamides is 1. The first kappa shape index (κ1) is 29.8. The highest BCUT2D eigenvalue weighted by Gasteiger charge is 2.52. The van der Waals surface area contributed by atoms with Crippen molar-refractivity contribution in [2.24, 2.45) is 0 Å². The number of amides is 1. The van der Waals surface area contributed by atoms with E-state index in [1.807, 2.05) is 6.92 Å². The summed E-state index contributed by atoms with van der Waals surface area (Å²) in [7, 11) is -2.65. The largest absolute Gasteiger partial charge is 0.469 e. The molecule has 1 spiro atoms. The molecule has 44 heavy (non-hydrogen) atoms. The molecule has 0 unspecified atom stereocenters. The van der Waals surface area contributed by atoms with Gasteiger partial charge in [-0.1, -0.05) is 18.2 Å². The average Bonchev–Trinajstić information content (AvgIpc) is 3.56. The summed E-state index contributed by atoms with van der Waals surface area (Å²) < 4.78 is 76.6. The van der Waals surface area contributed by atoms with Crippen molar-refractivity contribution in [1.29, 1.82) is 0 Å². The number of benzene rings is 1. The van der Waals surface area contributed by atoms with Gasteiger partial charge >= 0.3 is 12.3 Å². The van der Waals surface area contributed by atoms with Gasteiger partial charge in [-0.05, 0) is 79.1 Å². The number of hydrogen-bond acceptors (Lipinski definition) is 7. The molecule has 1 fully saturated rings. The molecule has 6 rings (SSSR count). The van der Waals surface area contributed by atoms with Crippen LogP contribution in [0.25, 0.3) is 5.65 Å². The van der Waals surface area contributed by atoms with E-state index in [1.54, 1.807) is 44.3 Å². The number of rotatable bonds is 5. The molecular formula is C29H29F3N6O5S. The number of carboxylic acid groups (broad SMARTS) is 1. The van der Waals surface area contributed by atoms with Crippen LogP contribution in [0, 0.1) is 20.8 Å². The van der Waals surface area contributed by atoms with Crippen LogP contribution in [0.4, 0.5) is 18.0 Å². The quantitative estimate of drug-likeness (QED) is 0.330. The second-order valence-electron chi connectivity index (χ2n) is 11.5. The minimum absolute atomic E-state index is 0.00553. The van der Waals surface area contributed by atoms with E-state index in [0.717, 1.165) is 14.9 Å². The lowest BCUT2D eigenvalue weighted by atomic mass is 9.92. The zero-order valence-corrected chi connectivity index (χ0v) is 25.1. The number of halogens is 3. The Morgan fingerprint density at radius 1 is 1.16 bits per heavy atom. The van der Waals surface area contributed by atoms with Crippen molar-refractivity contribution in [2.45, 2.75) is 62.9 Å². The molecule has 0 saturated heterocycles. The molecule has 1 saturated carbocycles. The molecule has 3 aromatic heterocycles. The number of alkyl halides is 3. The summed E-state index contributed by atoms with van der Waals surface area (Å²) in [5, 5.41) is 17.0. The van der Waals surface area contributed by atoms with Crippen molar-refractivity contribution in [2.75, 3.05) is 13.6 Å². The van der Waals surface area contributed by atoms with E-state index in [4.69, 9.17) is 4.74 Å². The maximum atomic E-state index is 13.9. The third kappa shape index (κ3) is 5.03. The Labute approximate surface area is 251 Å². The van der Waals surface area contributed by atoms with E-state index in [0.29, 0.717) is 40.7 Å². The van der Waals surface area contributed by atoms with Gasteiger partial charge in [0.25, 0.3) is 0 Å². The Balaban J connectivity index is 1.43. The van der Waals surface area contributed by atoms with E-state index >= 15 is 0 Å². The highest BCUT2D eigenvalue weighted by atomic mass is 32.2. The summed E-state index contributed by atoms with van der Waals surface area (Å²) >= 11 is 0. The van der Waals surface area contributed by atoms with Gasteiger partial charge in [0.2, 0.25) is 21.7 Å². The maximum Gasteiger partial charge on any atom is 0.452 e. The SMILES string of the molecule is Cc1cnc2c(c1)S(=O)(=O)N(Cc1cc([C@H](c3ccn4c(C(F)(F)F)nnc4c3C)N(C)C(=O)O)ccc1C)CC1(CC1)O2. The molecule has 1 atom stereocenters. The summed E-state index contributed by atoms with van der Waals surface area (Å²) in [5.74, 6) is -1.11. The lowest BCUT2D eigenvalue weighted by Gasteiger charge is -2.29. The molecule has 4 heterocycles. The maximum absolute atomic E-state index is 13.9. The summed E-state index contributed by atoms with van der Waals surface area (Å²) in [6.45, 7) is 5.25. The predicted molar refractivity (Wildman–Crippen MR) is 151 cm³/mol. The van der Waals surface area contributed by atoms with Gasteiger partial charge in [-0.2, -0.15) is 17.5 Å². The Morgan fingerprint density at radius 3 is 2.55 bits per heavy atom. The Kier molecular flexibility index (Phi) is 6.88. The molecule has 4 aromatic rings. The van der Waals surface area contributed by atoms with E-state index in [9.17, 15) is 31.5 Å². The molecule has 0 bridgehead atoms. The van der Waals surface area contributed by atoms with Gasteiger partial charge in [0, 0.05) is 26.0 Å². The third-order valence-electron chi connectivity index (χ3n) is 8.30. The van der Waals surface area contributed by atoms with Crippen LogP contribution in [0.5, 0.6) is 5.88 Å². The van der Waals surface area contributed by atoms with Gasteiger partial charge in [-0.25, -0.2) is 18.2 Å². The summed E-state index contributed by atoms with van der Waals surface area (Å²) in [4.78, 5) is 17.6. The van der Waals surface area contributed by atoms with Gasteiger partial charge in [-0.15, -0.1) is 10.2 Å². The number of carbonyl (C=O) groups is 1. The Hall–Kier alpha value is -4.24. The minimum atomic E-state index is -4.73. The van der Waals surface area contributed by atoms with Gasteiger partial charge in [-0.3, -0.25) is 4.40 Å². The number of fused-ring (bicyclic) bond motifs is 2. The Morgan fingerprint density at radius 2 is 1.89 bits per heavy atom. The molecule has 2 aliphatic rings. The smallest absolute Gasteiger partial charge is 0.452 e. The topological polar surface area (TPSA) is 130 Å². The number of nitrogens with zero attached hydrogens (tertiary/aromatic N) is 6. The van der Waals surface area contributed by atoms with Crippen molar-refractivity contribution in [3.63, 3.8) is 0 Å². The van der Waals surface area contributed by atoms with Crippen LogP contribution < -0.4 is 4.74 Å². The van der Waals surface area contributed by atoms with Crippen molar-refractivity contribution in [1.82, 2.24) is 28.8 Å². The van der Waals surface area contributed by atoms with Gasteiger partial charge in [0.15, 0.2) is 5.65 Å². The fourth-order valence-corrected chi connectivity index (χ4v) is 7.29. The standard InChI is InChI=1S/C29H29F3N6O5S/c1-16-11-22-25(33-13-16)43-28(8-9-28)15-37(44(22,41)42)14-20-12-19(6-5-17(20)2)23(36(4)27(39)40)21-7-10-38-24(18(21)3)34-35-26(38)29(30,31)32/h5-7,10-13,23H,8-9,14-15H2,1-4H3,(H,39,40)/t23-/m1/s1. The minimum Gasteiger partial charge on any atom is -0.469 e. The summed E-state index contributed by atoms with van der Waals surface area (Å²) in [6, 6.07) is 7.25. The highest BCUT2D eigenvalue weighted by molar-refractivity contribution is 7.89. The first-order valence-corrected chi connectivity index (χ1v) is 15.2. The fraction of sp³-hybridized carbons (Fsp3) is 0.379. The van der Waals surface area contributed by atoms with E-state index in [-0.39, 0.29) is 29.5 Å². The third-order valence-corrected chi connectivity index (χ3v) is 10.1. The molecule has 0 radical (unpaired) electrons. The summed E-state index contributed by atoms with van der Waals surface area (Å²) in [5.41, 5.74) is 2.58. The molecule has 232 valence electrons. The molecule has 11 nitrogen and oxygen atoms in total. The lowest BCUT2D eigenvalue weighted by molar-refractivity contribution is -0.145. The van der Waals surface area contributed by atoms with Crippen molar-refractivity contribution < 1.29 is 36.2 Å². The fourth-order valence-electron chi connectivity index (χ4n) is 5.65. The van der Waals surface area contributed by atoms with Crippen LogP contribution in [0.15, 0.2) is 47.6 Å². The van der Waals surface area contributed by atoms with E-state index < -0.39 is 39.8 Å². The zero-order chi connectivity index (χ0) is 31.8. The van der Waals surface area contributed by atoms with Crippen LogP contribution in [0.1, 0.15) is 58.1 Å². The first-order chi connectivity index (χ1) is 20.6. The molecule has 15 heteroatoms. The van der Waals surface area contributed by atoms with Crippen LogP contribution in [0.3, 0.4) is 0 Å². The molecule has 1 aliphatic heterocycles. The Bertz CT molecular complexity index is 1920. The number of pyridine rings is 2. The molecule has 1 N–H and O–H groups in total. The zero-order valence-electron chi connectivity index (χ0n) is 24.3. The number of aromatic nitrogens is 4. The van der Waals surface area contributed by atoms with Crippen LogP contribution in [-0.4, -0.2) is 67.6 Å². The summed E-state index contributed by atoms with van der Waals surface area (Å²) in [6.07, 6.45) is -1.90. The second kappa shape index (κ2) is 10.2. The molecular weight excluding hydrogens is 601 g/mol. The number of ether oxygens (including phenoxy) is 1. The second-order valence-corrected chi connectivity index (χ2v) is 13.4. The monoisotopic (exact) mass is 630 g/mol. The van der Waals surface area contributed by atoms with E-state index in [1.165, 1.54) is 23.6 Å². The van der Waals surface area contributed by atoms with Crippen LogP contribution in [-0.2, 0) is 22.7 Å². The predicted octanol–water partition coefficient (Wildman–Crippen LogP) is 4.88. The molecule has 1 aromatic carbocycles. The van der Waals surface area contributed by atoms with Gasteiger partial charge in [0.05, 0.1) is 12.6 Å². The average molecular weight is 631 g/mol. The van der Waals surface area contributed by atoms with Crippen molar-refractivity contribution >= 4 is 21.8 Å². The van der Waals surface area contributed by atoms with Crippen molar-refractivity contribution in [3.8, 4) is 5.88 Å². The van der Waals surface area contributed by atoms with E-state index in [2.05, 4.69) is 15.2 Å². The van der Waals surface area contributed by atoms with Crippen LogP contribution in [0.2, 0.25) is 0 Å². The molecule has 1 aliphatic carbocycles. The van der Waals surface area contributed by atoms with Crippen molar-refractivity contribution in [3.05, 3.63) is 81.9 Å². The lowest BCUT2D eigenvalue weighted by Crippen LogP contribution is -2.38. The number of aryl methyl sites for hydroxylation is 3. The van der Waals surface area contributed by atoms with Gasteiger partial charge in [0.1, 0.15) is 10.5 Å². The number of hydrogen-bond donors (Lipinski definition) is 1. The highest BCUT2D eigenvalue weighted by Crippen LogP contribution is 2.46. The van der Waals surface area contributed by atoms with Crippen LogP contribution >= 0.6 is 0 Å². The first-order valence-electron chi connectivity index (χ1n) is 13.7. The normalized spacial score (nSPS) is 18.0.